The van der Waals surface area contributed by atoms with Crippen molar-refractivity contribution in [1.29, 1.82) is 5.41 Å². The van der Waals surface area contributed by atoms with Gasteiger partial charge in [-0.05, 0) is 73.5 Å². The molecule has 4 fully saturated rings. The van der Waals surface area contributed by atoms with Crippen LogP contribution in [0.5, 0.6) is 5.75 Å². The van der Waals surface area contributed by atoms with E-state index in [9.17, 15) is 0 Å². The second-order valence-electron chi connectivity index (χ2n) is 7.32. The van der Waals surface area contributed by atoms with E-state index in [-0.39, 0.29) is 17.8 Å². The van der Waals surface area contributed by atoms with Gasteiger partial charge in [-0.1, -0.05) is 12.1 Å². The number of amidine groups is 1. The van der Waals surface area contributed by atoms with Crippen molar-refractivity contribution in [2.45, 2.75) is 37.5 Å². The average molecular weight is 321 g/mol. The SMILES string of the molecule is COc1ccc(C2(C(=N)N)C3CC4CC(C3)CC2C4)cc1.Cl. The second kappa shape index (κ2) is 5.45. The Morgan fingerprint density at radius 2 is 1.55 bits per heavy atom. The van der Waals surface area contributed by atoms with Crippen molar-refractivity contribution < 1.29 is 4.74 Å². The molecule has 22 heavy (non-hydrogen) atoms. The summed E-state index contributed by atoms with van der Waals surface area (Å²) in [5.74, 6) is 4.18. The minimum absolute atomic E-state index is 0. The van der Waals surface area contributed by atoms with Gasteiger partial charge in [0.1, 0.15) is 11.6 Å². The Labute approximate surface area is 138 Å². The molecule has 4 aliphatic carbocycles. The number of ether oxygens (including phenoxy) is 1. The summed E-state index contributed by atoms with van der Waals surface area (Å²) >= 11 is 0. The van der Waals surface area contributed by atoms with Crippen LogP contribution in [0.3, 0.4) is 0 Å². The normalized spacial score (nSPS) is 38.4. The minimum Gasteiger partial charge on any atom is -0.497 e. The molecule has 0 spiro atoms. The van der Waals surface area contributed by atoms with E-state index in [1.165, 1.54) is 37.7 Å². The monoisotopic (exact) mass is 320 g/mol. The highest BCUT2D eigenvalue weighted by atomic mass is 35.5. The topological polar surface area (TPSA) is 59.1 Å². The fourth-order valence-electron chi connectivity index (χ4n) is 5.86. The molecule has 4 heteroatoms. The Hall–Kier alpha value is -1.22. The Balaban J connectivity index is 0.00000144. The summed E-state index contributed by atoms with van der Waals surface area (Å²) in [7, 11) is 1.69. The van der Waals surface area contributed by atoms with Crippen LogP contribution in [-0.4, -0.2) is 12.9 Å². The summed E-state index contributed by atoms with van der Waals surface area (Å²) in [5.41, 5.74) is 7.24. The molecule has 3 N–H and O–H groups in total. The van der Waals surface area contributed by atoms with Crippen LogP contribution in [0.4, 0.5) is 0 Å². The van der Waals surface area contributed by atoms with Crippen LogP contribution < -0.4 is 10.5 Å². The van der Waals surface area contributed by atoms with Crippen molar-refractivity contribution in [1.82, 2.24) is 0 Å². The number of halogens is 1. The van der Waals surface area contributed by atoms with Gasteiger partial charge in [0.25, 0.3) is 0 Å². The van der Waals surface area contributed by atoms with Gasteiger partial charge in [-0.3, -0.25) is 5.41 Å². The molecule has 4 aliphatic rings. The van der Waals surface area contributed by atoms with Gasteiger partial charge in [-0.2, -0.15) is 0 Å². The standard InChI is InChI=1S/C18H24N2O.ClH/c1-21-16-4-2-13(3-5-16)18(17(19)20)14-7-11-6-12(9-14)10-15(18)8-11;/h2-5,11-12,14-15H,6-10H2,1H3,(H3,19,20);1H. The van der Waals surface area contributed by atoms with Gasteiger partial charge >= 0.3 is 0 Å². The Morgan fingerprint density at radius 3 is 1.95 bits per heavy atom. The van der Waals surface area contributed by atoms with Gasteiger partial charge in [0.05, 0.1) is 12.5 Å². The zero-order valence-electron chi connectivity index (χ0n) is 13.0. The number of rotatable bonds is 3. The van der Waals surface area contributed by atoms with Crippen LogP contribution in [0.25, 0.3) is 0 Å². The predicted molar refractivity (Wildman–Crippen MR) is 90.9 cm³/mol. The van der Waals surface area contributed by atoms with Crippen molar-refractivity contribution in [3.05, 3.63) is 29.8 Å². The van der Waals surface area contributed by atoms with Gasteiger partial charge in [0, 0.05) is 0 Å². The number of hydrogen-bond acceptors (Lipinski definition) is 2. The molecule has 0 heterocycles. The summed E-state index contributed by atoms with van der Waals surface area (Å²) in [6.07, 6.45) is 6.47. The fourth-order valence-corrected chi connectivity index (χ4v) is 5.86. The van der Waals surface area contributed by atoms with Crippen molar-refractivity contribution in [2.24, 2.45) is 29.4 Å². The first-order valence-corrected chi connectivity index (χ1v) is 8.13. The molecule has 1 aromatic rings. The summed E-state index contributed by atoms with van der Waals surface area (Å²) < 4.78 is 5.28. The highest BCUT2D eigenvalue weighted by Gasteiger charge is 2.59. The molecule has 0 aromatic heterocycles. The molecule has 120 valence electrons. The van der Waals surface area contributed by atoms with Gasteiger partial charge in [0.15, 0.2) is 0 Å². The maximum absolute atomic E-state index is 8.40. The zero-order valence-corrected chi connectivity index (χ0v) is 13.9. The third kappa shape index (κ3) is 1.98. The molecule has 4 bridgehead atoms. The molecule has 3 nitrogen and oxygen atoms in total. The van der Waals surface area contributed by atoms with Crippen molar-refractivity contribution in [3.8, 4) is 5.75 Å². The van der Waals surface area contributed by atoms with E-state index in [1.54, 1.807) is 7.11 Å². The molecule has 0 unspecified atom stereocenters. The summed E-state index contributed by atoms with van der Waals surface area (Å²) in [6, 6.07) is 8.32. The van der Waals surface area contributed by atoms with Crippen molar-refractivity contribution >= 4 is 18.2 Å². The molecule has 5 rings (SSSR count). The van der Waals surface area contributed by atoms with Gasteiger partial charge < -0.3 is 10.5 Å². The van der Waals surface area contributed by atoms with Crippen LogP contribution in [0.15, 0.2) is 24.3 Å². The fraction of sp³-hybridized carbons (Fsp3) is 0.611. The van der Waals surface area contributed by atoms with E-state index >= 15 is 0 Å². The number of nitrogens with one attached hydrogen (secondary N) is 1. The number of nitrogens with two attached hydrogens (primary N) is 1. The van der Waals surface area contributed by atoms with Gasteiger partial charge in [-0.25, -0.2) is 0 Å². The van der Waals surface area contributed by atoms with E-state index in [0.717, 1.165) is 17.6 Å². The van der Waals surface area contributed by atoms with Crippen LogP contribution >= 0.6 is 12.4 Å². The van der Waals surface area contributed by atoms with E-state index in [2.05, 4.69) is 12.1 Å². The molecular weight excluding hydrogens is 296 g/mol. The van der Waals surface area contributed by atoms with Gasteiger partial charge in [-0.15, -0.1) is 12.4 Å². The Morgan fingerprint density at radius 1 is 1.05 bits per heavy atom. The quantitative estimate of drug-likeness (QED) is 0.658. The van der Waals surface area contributed by atoms with Crippen molar-refractivity contribution in [2.75, 3.05) is 7.11 Å². The number of benzene rings is 1. The first-order valence-electron chi connectivity index (χ1n) is 8.13. The van der Waals surface area contributed by atoms with Crippen LogP contribution in [0, 0.1) is 29.1 Å². The lowest BCUT2D eigenvalue weighted by atomic mass is 9.43. The highest BCUT2D eigenvalue weighted by molar-refractivity contribution is 5.90. The smallest absolute Gasteiger partial charge is 0.118 e. The maximum Gasteiger partial charge on any atom is 0.118 e. The highest BCUT2D eigenvalue weighted by Crippen LogP contribution is 2.62. The first-order chi connectivity index (χ1) is 10.1. The zero-order chi connectivity index (χ0) is 14.6. The van der Waals surface area contributed by atoms with E-state index in [4.69, 9.17) is 15.9 Å². The third-order valence-electron chi connectivity index (χ3n) is 6.44. The predicted octanol–water partition coefficient (Wildman–Crippen LogP) is 3.75. The Kier molecular flexibility index (Phi) is 3.88. The molecule has 0 saturated heterocycles. The van der Waals surface area contributed by atoms with E-state index in [1.807, 2.05) is 12.1 Å². The largest absolute Gasteiger partial charge is 0.497 e. The summed E-state index contributed by atoms with van der Waals surface area (Å²) in [6.45, 7) is 0. The number of hydrogen-bond donors (Lipinski definition) is 2. The van der Waals surface area contributed by atoms with E-state index < -0.39 is 0 Å². The van der Waals surface area contributed by atoms with Crippen molar-refractivity contribution in [3.63, 3.8) is 0 Å². The second-order valence-corrected chi connectivity index (χ2v) is 7.32. The molecule has 0 aliphatic heterocycles. The molecule has 4 saturated carbocycles. The number of methoxy groups -OCH3 is 1. The lowest BCUT2D eigenvalue weighted by Crippen LogP contribution is -2.61. The average Bonchev–Trinajstić information content (AvgIpc) is 2.47. The molecule has 0 amide bonds. The third-order valence-corrected chi connectivity index (χ3v) is 6.44. The maximum atomic E-state index is 8.40. The molecule has 0 atom stereocenters. The minimum atomic E-state index is -0.209. The molecule has 0 radical (unpaired) electrons. The summed E-state index contributed by atoms with van der Waals surface area (Å²) in [5, 5.41) is 8.40. The summed E-state index contributed by atoms with van der Waals surface area (Å²) in [4.78, 5) is 0. The molecular formula is C18H25ClN2O. The van der Waals surface area contributed by atoms with Crippen LogP contribution in [-0.2, 0) is 5.41 Å². The van der Waals surface area contributed by atoms with Crippen LogP contribution in [0.1, 0.15) is 37.7 Å². The first kappa shape index (κ1) is 15.7. The van der Waals surface area contributed by atoms with E-state index in [0.29, 0.717) is 17.7 Å². The van der Waals surface area contributed by atoms with Gasteiger partial charge in [0.2, 0.25) is 0 Å². The Bertz CT molecular complexity index is 541. The molecule has 1 aromatic carbocycles. The van der Waals surface area contributed by atoms with Crippen LogP contribution in [0.2, 0.25) is 0 Å². The lowest BCUT2D eigenvalue weighted by molar-refractivity contribution is -0.0300. The lowest BCUT2D eigenvalue weighted by Gasteiger charge is -2.61.